The van der Waals surface area contributed by atoms with Gasteiger partial charge in [-0.05, 0) is 48.6 Å². The molecule has 0 radical (unpaired) electrons. The second kappa shape index (κ2) is 12.9. The van der Waals surface area contributed by atoms with Crippen LogP contribution in [0, 0.1) is 0 Å². The van der Waals surface area contributed by atoms with Crippen LogP contribution in [-0.2, 0) is 21.9 Å². The molecular formula is C25H29Cl3N2O2S. The van der Waals surface area contributed by atoms with Crippen molar-refractivity contribution in [3.05, 3.63) is 68.7 Å². The Bertz CT molecular complexity index is 946. The second-order valence-electron chi connectivity index (χ2n) is 8.22. The molecule has 0 saturated heterocycles. The lowest BCUT2D eigenvalue weighted by molar-refractivity contribution is -0.139. The number of nitrogens with zero attached hydrogens (tertiary/aromatic N) is 1. The Morgan fingerprint density at radius 2 is 1.67 bits per heavy atom. The summed E-state index contributed by atoms with van der Waals surface area (Å²) < 4.78 is 0. The van der Waals surface area contributed by atoms with Gasteiger partial charge in [-0.25, -0.2) is 0 Å². The van der Waals surface area contributed by atoms with E-state index in [1.807, 2.05) is 25.1 Å². The van der Waals surface area contributed by atoms with Crippen LogP contribution >= 0.6 is 46.6 Å². The summed E-state index contributed by atoms with van der Waals surface area (Å²) in [6.07, 6.45) is 4.77. The third-order valence-electron chi connectivity index (χ3n) is 5.92. The molecule has 1 fully saturated rings. The highest BCUT2D eigenvalue weighted by atomic mass is 35.5. The molecule has 178 valence electrons. The Morgan fingerprint density at radius 3 is 2.30 bits per heavy atom. The third kappa shape index (κ3) is 7.29. The van der Waals surface area contributed by atoms with Gasteiger partial charge in [-0.3, -0.25) is 9.59 Å². The van der Waals surface area contributed by atoms with Gasteiger partial charge in [-0.2, -0.15) is 0 Å². The van der Waals surface area contributed by atoms with E-state index in [0.717, 1.165) is 36.8 Å². The lowest BCUT2D eigenvalue weighted by atomic mass is 10.1. The average Bonchev–Trinajstić information content (AvgIpc) is 3.29. The van der Waals surface area contributed by atoms with Crippen LogP contribution in [0.3, 0.4) is 0 Å². The SMILES string of the molecule is CC[C@@H](C(=O)NC1CCCC1)N(Cc1ccccc1Cl)C(=O)CSCc1c(Cl)cccc1Cl. The van der Waals surface area contributed by atoms with Gasteiger partial charge in [0.2, 0.25) is 11.8 Å². The third-order valence-corrected chi connectivity index (χ3v) is 7.94. The summed E-state index contributed by atoms with van der Waals surface area (Å²) in [5.74, 6) is 0.509. The molecule has 1 saturated carbocycles. The van der Waals surface area contributed by atoms with E-state index in [-0.39, 0.29) is 30.2 Å². The number of thioether (sulfide) groups is 1. The number of rotatable bonds is 10. The first-order chi connectivity index (χ1) is 15.9. The maximum absolute atomic E-state index is 13.4. The zero-order chi connectivity index (χ0) is 23.8. The number of carbonyl (C=O) groups is 2. The molecule has 0 heterocycles. The highest BCUT2D eigenvalue weighted by molar-refractivity contribution is 7.99. The first-order valence-corrected chi connectivity index (χ1v) is 13.5. The van der Waals surface area contributed by atoms with Crippen LogP contribution < -0.4 is 5.32 Å². The lowest BCUT2D eigenvalue weighted by Gasteiger charge is -2.31. The summed E-state index contributed by atoms with van der Waals surface area (Å²) in [4.78, 5) is 28.2. The Balaban J connectivity index is 1.73. The van der Waals surface area contributed by atoms with Gasteiger partial charge in [-0.1, -0.05) is 78.8 Å². The van der Waals surface area contributed by atoms with Gasteiger partial charge in [0.05, 0.1) is 5.75 Å². The van der Waals surface area contributed by atoms with Crippen LogP contribution in [0.5, 0.6) is 0 Å². The molecule has 8 heteroatoms. The molecule has 2 amide bonds. The number of amides is 2. The van der Waals surface area contributed by atoms with Crippen LogP contribution in [0.4, 0.5) is 0 Å². The van der Waals surface area contributed by atoms with Crippen molar-refractivity contribution in [1.29, 1.82) is 0 Å². The van der Waals surface area contributed by atoms with Gasteiger partial charge in [0, 0.05) is 33.4 Å². The van der Waals surface area contributed by atoms with Gasteiger partial charge in [-0.15, -0.1) is 11.8 Å². The van der Waals surface area contributed by atoms with E-state index >= 15 is 0 Å². The highest BCUT2D eigenvalue weighted by Crippen LogP contribution is 2.29. The molecule has 0 bridgehead atoms. The zero-order valence-electron chi connectivity index (χ0n) is 18.7. The molecule has 0 aromatic heterocycles. The fraction of sp³-hybridized carbons (Fsp3) is 0.440. The van der Waals surface area contributed by atoms with Gasteiger partial charge >= 0.3 is 0 Å². The largest absolute Gasteiger partial charge is 0.352 e. The zero-order valence-corrected chi connectivity index (χ0v) is 21.7. The number of hydrogen-bond donors (Lipinski definition) is 1. The normalized spacial score (nSPS) is 14.8. The Labute approximate surface area is 215 Å². The summed E-state index contributed by atoms with van der Waals surface area (Å²) in [6.45, 7) is 2.21. The standard InChI is InChI=1S/C25H29Cl3N2O2S/c1-2-23(25(32)29-18-9-4-5-10-18)30(14-17-8-3-6-11-20(17)26)24(31)16-33-15-19-21(27)12-7-13-22(19)28/h3,6-8,11-13,18,23H,2,4-5,9-10,14-16H2,1H3,(H,29,32)/t23-/m0/s1. The number of benzene rings is 2. The molecule has 1 aliphatic rings. The van der Waals surface area contributed by atoms with Crippen molar-refractivity contribution in [3.63, 3.8) is 0 Å². The van der Waals surface area contributed by atoms with E-state index in [1.54, 1.807) is 29.2 Å². The molecule has 4 nitrogen and oxygen atoms in total. The second-order valence-corrected chi connectivity index (χ2v) is 10.4. The Morgan fingerprint density at radius 1 is 1.03 bits per heavy atom. The minimum atomic E-state index is -0.557. The van der Waals surface area contributed by atoms with E-state index < -0.39 is 6.04 Å². The van der Waals surface area contributed by atoms with Crippen molar-refractivity contribution in [2.45, 2.75) is 63.4 Å². The van der Waals surface area contributed by atoms with E-state index in [1.165, 1.54) is 11.8 Å². The Hall–Kier alpha value is -1.40. The molecule has 0 unspecified atom stereocenters. The van der Waals surface area contributed by atoms with Crippen LogP contribution in [0.1, 0.15) is 50.2 Å². The number of nitrogens with one attached hydrogen (secondary N) is 1. The van der Waals surface area contributed by atoms with Crippen LogP contribution in [0.25, 0.3) is 0 Å². The van der Waals surface area contributed by atoms with E-state index in [4.69, 9.17) is 34.8 Å². The molecule has 1 aliphatic carbocycles. The van der Waals surface area contributed by atoms with Crippen molar-refractivity contribution >= 4 is 58.4 Å². The lowest BCUT2D eigenvalue weighted by Crippen LogP contribution is -2.51. The molecule has 1 atom stereocenters. The van der Waals surface area contributed by atoms with E-state index in [0.29, 0.717) is 27.2 Å². The minimum Gasteiger partial charge on any atom is -0.352 e. The molecule has 0 spiro atoms. The van der Waals surface area contributed by atoms with Gasteiger partial charge in [0.1, 0.15) is 6.04 Å². The maximum Gasteiger partial charge on any atom is 0.243 e. The van der Waals surface area contributed by atoms with Crippen LogP contribution in [0.15, 0.2) is 42.5 Å². The minimum absolute atomic E-state index is 0.0936. The van der Waals surface area contributed by atoms with Crippen molar-refractivity contribution < 1.29 is 9.59 Å². The Kier molecular flexibility index (Phi) is 10.2. The number of halogens is 3. The summed E-state index contributed by atoms with van der Waals surface area (Å²) in [5, 5.41) is 4.90. The maximum atomic E-state index is 13.4. The highest BCUT2D eigenvalue weighted by Gasteiger charge is 2.30. The molecule has 3 rings (SSSR count). The molecule has 2 aromatic carbocycles. The fourth-order valence-corrected chi connectivity index (χ4v) is 5.93. The van der Waals surface area contributed by atoms with Crippen LogP contribution in [0.2, 0.25) is 15.1 Å². The van der Waals surface area contributed by atoms with Crippen molar-refractivity contribution in [1.82, 2.24) is 10.2 Å². The van der Waals surface area contributed by atoms with Gasteiger partial charge in [0.25, 0.3) is 0 Å². The van der Waals surface area contributed by atoms with Crippen molar-refractivity contribution in [3.8, 4) is 0 Å². The molecule has 0 aliphatic heterocycles. The molecule has 1 N–H and O–H groups in total. The van der Waals surface area contributed by atoms with Crippen LogP contribution in [-0.4, -0.2) is 34.6 Å². The van der Waals surface area contributed by atoms with E-state index in [9.17, 15) is 9.59 Å². The monoisotopic (exact) mass is 526 g/mol. The van der Waals surface area contributed by atoms with Gasteiger partial charge in [0.15, 0.2) is 0 Å². The summed E-state index contributed by atoms with van der Waals surface area (Å²) >= 11 is 20.4. The smallest absolute Gasteiger partial charge is 0.243 e. The summed E-state index contributed by atoms with van der Waals surface area (Å²) in [7, 11) is 0. The topological polar surface area (TPSA) is 49.4 Å². The first-order valence-electron chi connectivity index (χ1n) is 11.2. The number of hydrogen-bond acceptors (Lipinski definition) is 3. The summed E-state index contributed by atoms with van der Waals surface area (Å²) in [6, 6.07) is 12.4. The first kappa shape index (κ1) is 26.2. The summed E-state index contributed by atoms with van der Waals surface area (Å²) in [5.41, 5.74) is 1.63. The van der Waals surface area contributed by atoms with E-state index in [2.05, 4.69) is 5.32 Å². The fourth-order valence-electron chi connectivity index (χ4n) is 4.09. The quantitative estimate of drug-likeness (QED) is 0.372. The molecule has 33 heavy (non-hydrogen) atoms. The predicted octanol–water partition coefficient (Wildman–Crippen LogP) is 6.75. The average molecular weight is 528 g/mol. The predicted molar refractivity (Wildman–Crippen MR) is 139 cm³/mol. The van der Waals surface area contributed by atoms with Crippen molar-refractivity contribution in [2.75, 3.05) is 5.75 Å². The molecular weight excluding hydrogens is 499 g/mol. The van der Waals surface area contributed by atoms with Crippen molar-refractivity contribution in [2.24, 2.45) is 0 Å². The molecule has 2 aromatic rings. The van der Waals surface area contributed by atoms with Gasteiger partial charge < -0.3 is 10.2 Å². The number of carbonyl (C=O) groups excluding carboxylic acids is 2.